The van der Waals surface area contributed by atoms with Gasteiger partial charge in [0.25, 0.3) is 0 Å². The molecular formula is C18H23NO. The molecular weight excluding hydrogens is 246 g/mol. The van der Waals surface area contributed by atoms with Gasteiger partial charge in [-0.2, -0.15) is 0 Å². The number of pyridine rings is 1. The van der Waals surface area contributed by atoms with Crippen LogP contribution in [0.25, 0.3) is 0 Å². The van der Waals surface area contributed by atoms with Gasteiger partial charge in [0.15, 0.2) is 0 Å². The van der Waals surface area contributed by atoms with Crippen LogP contribution in [-0.2, 0) is 11.8 Å². The summed E-state index contributed by atoms with van der Waals surface area (Å²) in [5.74, 6) is 0. The molecule has 1 aromatic heterocycles. The second-order valence-electron chi connectivity index (χ2n) is 5.27. The van der Waals surface area contributed by atoms with Gasteiger partial charge >= 0.3 is 0 Å². The van der Waals surface area contributed by atoms with E-state index in [9.17, 15) is 5.11 Å². The molecule has 1 N–H and O–H groups in total. The topological polar surface area (TPSA) is 33.1 Å². The third kappa shape index (κ3) is 2.91. The average Bonchev–Trinajstić information content (AvgIpc) is 2.51. The monoisotopic (exact) mass is 269 g/mol. The Labute approximate surface area is 121 Å². The molecule has 0 spiro atoms. The van der Waals surface area contributed by atoms with Gasteiger partial charge in [-0.25, -0.2) is 0 Å². The number of nitrogens with zero attached hydrogens (tertiary/aromatic N) is 1. The normalized spacial score (nSPS) is 13.2. The highest BCUT2D eigenvalue weighted by molar-refractivity contribution is 5.27. The van der Waals surface area contributed by atoms with E-state index in [4.69, 9.17) is 0 Å². The molecule has 0 saturated heterocycles. The molecule has 0 aliphatic carbocycles. The van der Waals surface area contributed by atoms with Gasteiger partial charge in [0.05, 0.1) is 6.10 Å². The third-order valence-corrected chi connectivity index (χ3v) is 4.38. The van der Waals surface area contributed by atoms with Crippen molar-refractivity contribution in [1.82, 2.24) is 4.98 Å². The van der Waals surface area contributed by atoms with Crippen LogP contribution in [0, 0.1) is 0 Å². The smallest absolute Gasteiger partial charge is 0.0691 e. The van der Waals surface area contributed by atoms with Crippen molar-refractivity contribution in [3.05, 3.63) is 66.0 Å². The minimum Gasteiger partial charge on any atom is -0.392 e. The van der Waals surface area contributed by atoms with Crippen LogP contribution in [0.5, 0.6) is 0 Å². The predicted octanol–water partition coefficient (Wildman–Crippen LogP) is 3.74. The zero-order valence-electron chi connectivity index (χ0n) is 12.3. The van der Waals surface area contributed by atoms with Crippen LogP contribution >= 0.6 is 0 Å². The standard InChI is InChI=1S/C18H23NO/c1-3-18(4-2,15-10-6-5-7-11-15)17(20)14-16-12-8-9-13-19-16/h5-13,17,20H,3-4,14H2,1-2H3. The predicted molar refractivity (Wildman–Crippen MR) is 82.6 cm³/mol. The molecule has 1 heterocycles. The van der Waals surface area contributed by atoms with Crippen molar-refractivity contribution in [1.29, 1.82) is 0 Å². The van der Waals surface area contributed by atoms with Crippen molar-refractivity contribution in [3.8, 4) is 0 Å². The Hall–Kier alpha value is -1.67. The van der Waals surface area contributed by atoms with Crippen LogP contribution in [0.1, 0.15) is 37.9 Å². The van der Waals surface area contributed by atoms with Crippen molar-refractivity contribution in [2.45, 2.75) is 44.6 Å². The van der Waals surface area contributed by atoms with Crippen LogP contribution in [0.15, 0.2) is 54.7 Å². The molecule has 2 aromatic rings. The molecule has 0 saturated carbocycles. The zero-order valence-corrected chi connectivity index (χ0v) is 12.3. The minimum absolute atomic E-state index is 0.196. The van der Waals surface area contributed by atoms with Crippen molar-refractivity contribution in [2.24, 2.45) is 0 Å². The SMILES string of the molecule is CCC(CC)(c1ccccc1)C(O)Cc1ccccn1. The summed E-state index contributed by atoms with van der Waals surface area (Å²) in [5, 5.41) is 10.8. The lowest BCUT2D eigenvalue weighted by Gasteiger charge is -2.37. The fourth-order valence-corrected chi connectivity index (χ4v) is 3.00. The quantitative estimate of drug-likeness (QED) is 0.866. The van der Waals surface area contributed by atoms with Gasteiger partial charge < -0.3 is 5.11 Å². The van der Waals surface area contributed by atoms with E-state index < -0.39 is 6.10 Å². The zero-order chi connectivity index (χ0) is 14.4. The highest BCUT2D eigenvalue weighted by Crippen LogP contribution is 2.36. The Morgan fingerprint density at radius 1 is 1.00 bits per heavy atom. The van der Waals surface area contributed by atoms with Gasteiger partial charge in [-0.1, -0.05) is 50.2 Å². The van der Waals surface area contributed by atoms with Crippen molar-refractivity contribution >= 4 is 0 Å². The van der Waals surface area contributed by atoms with Crippen LogP contribution < -0.4 is 0 Å². The Morgan fingerprint density at radius 3 is 2.20 bits per heavy atom. The van der Waals surface area contributed by atoms with E-state index in [1.165, 1.54) is 5.56 Å². The first-order chi connectivity index (χ1) is 9.73. The Kier molecular flexibility index (Phi) is 4.91. The first-order valence-corrected chi connectivity index (χ1v) is 7.36. The molecule has 2 nitrogen and oxygen atoms in total. The van der Waals surface area contributed by atoms with Crippen LogP contribution in [0.2, 0.25) is 0 Å². The molecule has 20 heavy (non-hydrogen) atoms. The van der Waals surface area contributed by atoms with E-state index in [1.807, 2.05) is 36.4 Å². The Bertz CT molecular complexity index is 505. The maximum atomic E-state index is 10.8. The largest absolute Gasteiger partial charge is 0.392 e. The van der Waals surface area contributed by atoms with Crippen molar-refractivity contribution in [3.63, 3.8) is 0 Å². The lowest BCUT2D eigenvalue weighted by atomic mass is 9.70. The van der Waals surface area contributed by atoms with Gasteiger partial charge in [-0.05, 0) is 30.5 Å². The summed E-state index contributed by atoms with van der Waals surface area (Å²) in [6, 6.07) is 16.2. The number of hydrogen-bond donors (Lipinski definition) is 1. The van der Waals surface area contributed by atoms with Crippen molar-refractivity contribution < 1.29 is 5.11 Å². The highest BCUT2D eigenvalue weighted by atomic mass is 16.3. The summed E-state index contributed by atoms with van der Waals surface area (Å²) in [6.07, 6.45) is 3.79. The third-order valence-electron chi connectivity index (χ3n) is 4.38. The van der Waals surface area contributed by atoms with Gasteiger partial charge in [0.2, 0.25) is 0 Å². The molecule has 0 bridgehead atoms. The van der Waals surface area contributed by atoms with E-state index in [-0.39, 0.29) is 5.41 Å². The molecule has 2 heteroatoms. The molecule has 0 aliphatic rings. The van der Waals surface area contributed by atoms with Gasteiger partial charge in [-0.15, -0.1) is 0 Å². The molecule has 0 fully saturated rings. The summed E-state index contributed by atoms with van der Waals surface area (Å²) in [5.41, 5.74) is 1.97. The molecule has 106 valence electrons. The molecule has 0 aliphatic heterocycles. The number of rotatable bonds is 6. The Balaban J connectivity index is 2.28. The second kappa shape index (κ2) is 6.67. The molecule has 1 aromatic carbocycles. The summed E-state index contributed by atoms with van der Waals surface area (Å²) in [6.45, 7) is 4.30. The van der Waals surface area contributed by atoms with Crippen LogP contribution in [0.3, 0.4) is 0 Å². The summed E-state index contributed by atoms with van der Waals surface area (Å²) in [4.78, 5) is 4.33. The number of aromatic nitrogens is 1. The molecule has 0 radical (unpaired) electrons. The maximum absolute atomic E-state index is 10.8. The first kappa shape index (κ1) is 14.7. The molecule has 1 unspecified atom stereocenters. The fraction of sp³-hybridized carbons (Fsp3) is 0.389. The molecule has 2 rings (SSSR count). The summed E-state index contributed by atoms with van der Waals surface area (Å²) in [7, 11) is 0. The minimum atomic E-state index is -0.421. The number of aliphatic hydroxyl groups is 1. The lowest BCUT2D eigenvalue weighted by Crippen LogP contribution is -2.40. The molecule has 1 atom stereocenters. The second-order valence-corrected chi connectivity index (χ2v) is 5.27. The summed E-state index contributed by atoms with van der Waals surface area (Å²) < 4.78 is 0. The average molecular weight is 269 g/mol. The summed E-state index contributed by atoms with van der Waals surface area (Å²) >= 11 is 0. The molecule has 0 amide bonds. The van der Waals surface area contributed by atoms with E-state index in [0.717, 1.165) is 18.5 Å². The number of hydrogen-bond acceptors (Lipinski definition) is 2. The maximum Gasteiger partial charge on any atom is 0.0691 e. The first-order valence-electron chi connectivity index (χ1n) is 7.36. The van der Waals surface area contributed by atoms with E-state index >= 15 is 0 Å². The van der Waals surface area contributed by atoms with Crippen LogP contribution in [0.4, 0.5) is 0 Å². The van der Waals surface area contributed by atoms with E-state index in [0.29, 0.717) is 6.42 Å². The van der Waals surface area contributed by atoms with Crippen LogP contribution in [-0.4, -0.2) is 16.2 Å². The number of benzene rings is 1. The van der Waals surface area contributed by atoms with E-state index in [1.54, 1.807) is 6.20 Å². The van der Waals surface area contributed by atoms with Crippen molar-refractivity contribution in [2.75, 3.05) is 0 Å². The van der Waals surface area contributed by atoms with Gasteiger partial charge in [0, 0.05) is 23.7 Å². The number of aliphatic hydroxyl groups excluding tert-OH is 1. The van der Waals surface area contributed by atoms with E-state index in [2.05, 4.69) is 31.0 Å². The Morgan fingerprint density at radius 2 is 1.65 bits per heavy atom. The fourth-order valence-electron chi connectivity index (χ4n) is 3.00. The highest BCUT2D eigenvalue weighted by Gasteiger charge is 2.36. The van der Waals surface area contributed by atoms with Gasteiger partial charge in [0.1, 0.15) is 0 Å². The lowest BCUT2D eigenvalue weighted by molar-refractivity contribution is 0.0725. The van der Waals surface area contributed by atoms with Gasteiger partial charge in [-0.3, -0.25) is 4.98 Å².